The third kappa shape index (κ3) is 10.2. The van der Waals surface area contributed by atoms with Crippen LogP contribution in [0.4, 0.5) is 4.79 Å². The summed E-state index contributed by atoms with van der Waals surface area (Å²) in [5.41, 5.74) is -1.03. The Kier molecular flexibility index (Phi) is 12.9. The Morgan fingerprint density at radius 3 is 2.34 bits per heavy atom. The molecule has 7 rings (SSSR count). The summed E-state index contributed by atoms with van der Waals surface area (Å²) in [6.07, 6.45) is -0.128. The standard InChI is InChI=1S/C47H54N6O10S2/c1-10-28-25-47(28,42(56)52-65(58,59)44-49-33-20-18-30(61-11-2)23-38(33)64-44)51-40(54)36-22-31(26-53(36)41(55)39(45(3,4)5)50-43(57)63-46(6,7)8)62-37-24-34(27-15-13-12-14-16-27)48-35-21-29(60-9)17-19-32(35)37/h10,12-21,23-24,28,31,36,39H,1,11,22,25-26H2,2-9H3,(H,50,57)(H,51,54)(H,52,56)/t28?,31-,36+,39-,47-/m1/s1. The molecule has 18 heteroatoms. The van der Waals surface area contributed by atoms with E-state index < -0.39 is 74.5 Å². The van der Waals surface area contributed by atoms with Crippen molar-refractivity contribution in [2.75, 3.05) is 20.3 Å². The third-order valence-corrected chi connectivity index (χ3v) is 13.8. The summed E-state index contributed by atoms with van der Waals surface area (Å²) < 4.78 is 53.0. The molecule has 2 aromatic heterocycles. The molecule has 0 radical (unpaired) electrons. The van der Waals surface area contributed by atoms with Crippen molar-refractivity contribution in [2.45, 2.75) is 95.0 Å². The Morgan fingerprint density at radius 2 is 1.69 bits per heavy atom. The van der Waals surface area contributed by atoms with Gasteiger partial charge >= 0.3 is 6.09 Å². The number of sulfonamides is 1. The maximum absolute atomic E-state index is 14.8. The first kappa shape index (κ1) is 46.7. The van der Waals surface area contributed by atoms with Crippen molar-refractivity contribution in [3.8, 4) is 28.5 Å². The van der Waals surface area contributed by atoms with Crippen LogP contribution in [0.5, 0.6) is 17.2 Å². The second kappa shape index (κ2) is 18.0. The summed E-state index contributed by atoms with van der Waals surface area (Å²) in [4.78, 5) is 67.4. The summed E-state index contributed by atoms with van der Waals surface area (Å²) in [5, 5.41) is 6.20. The molecule has 0 bridgehead atoms. The summed E-state index contributed by atoms with van der Waals surface area (Å²) in [5.74, 6) is -1.39. The van der Waals surface area contributed by atoms with Crippen LogP contribution in [0, 0.1) is 11.3 Å². The van der Waals surface area contributed by atoms with Crippen LogP contribution in [-0.4, -0.2) is 96.7 Å². The minimum absolute atomic E-state index is 0.0360. The van der Waals surface area contributed by atoms with Crippen molar-refractivity contribution in [3.63, 3.8) is 0 Å². The van der Waals surface area contributed by atoms with Crippen LogP contribution in [0.25, 0.3) is 32.4 Å². The zero-order valence-electron chi connectivity index (χ0n) is 37.6. The first-order valence-corrected chi connectivity index (χ1v) is 23.5. The minimum atomic E-state index is -4.51. The third-order valence-electron chi connectivity index (χ3n) is 11.1. The van der Waals surface area contributed by atoms with Gasteiger partial charge in [0.1, 0.15) is 46.6 Å². The molecular formula is C47H54N6O10S2. The van der Waals surface area contributed by atoms with Gasteiger partial charge in [0.25, 0.3) is 15.9 Å². The zero-order chi connectivity index (χ0) is 47.1. The number of thiazole rings is 1. The molecule has 1 saturated carbocycles. The van der Waals surface area contributed by atoms with Gasteiger partial charge in [-0.15, -0.1) is 17.9 Å². The summed E-state index contributed by atoms with van der Waals surface area (Å²) in [6, 6.07) is 19.3. The number of aromatic nitrogens is 2. The van der Waals surface area contributed by atoms with E-state index in [1.54, 1.807) is 85.1 Å². The van der Waals surface area contributed by atoms with E-state index in [-0.39, 0.29) is 23.7 Å². The van der Waals surface area contributed by atoms with Gasteiger partial charge in [0.15, 0.2) is 0 Å². The lowest BCUT2D eigenvalue weighted by Gasteiger charge is -2.36. The molecule has 3 aromatic carbocycles. The van der Waals surface area contributed by atoms with Crippen molar-refractivity contribution in [1.82, 2.24) is 30.2 Å². The number of likely N-dealkylation sites (tertiary alicyclic amines) is 1. The van der Waals surface area contributed by atoms with E-state index in [0.29, 0.717) is 50.7 Å². The largest absolute Gasteiger partial charge is 0.497 e. The highest BCUT2D eigenvalue weighted by atomic mass is 32.2. The maximum atomic E-state index is 14.8. The Labute approximate surface area is 382 Å². The first-order valence-electron chi connectivity index (χ1n) is 21.2. The van der Waals surface area contributed by atoms with Crippen LogP contribution in [0.3, 0.4) is 0 Å². The summed E-state index contributed by atoms with van der Waals surface area (Å²) in [6.45, 7) is 16.4. The van der Waals surface area contributed by atoms with E-state index >= 15 is 0 Å². The van der Waals surface area contributed by atoms with Gasteiger partial charge in [-0.05, 0) is 69.9 Å². The van der Waals surface area contributed by atoms with E-state index in [0.717, 1.165) is 16.9 Å². The predicted molar refractivity (Wildman–Crippen MR) is 246 cm³/mol. The Bertz CT molecular complexity index is 2770. The Morgan fingerprint density at radius 1 is 0.969 bits per heavy atom. The topological polar surface area (TPSA) is 204 Å². The molecule has 1 unspecified atom stereocenters. The van der Waals surface area contributed by atoms with E-state index in [4.69, 9.17) is 23.9 Å². The van der Waals surface area contributed by atoms with Gasteiger partial charge in [0, 0.05) is 35.4 Å². The molecule has 1 aliphatic heterocycles. The van der Waals surface area contributed by atoms with Crippen LogP contribution >= 0.6 is 11.3 Å². The predicted octanol–water partition coefficient (Wildman–Crippen LogP) is 6.77. The highest BCUT2D eigenvalue weighted by Crippen LogP contribution is 2.46. The highest BCUT2D eigenvalue weighted by Gasteiger charge is 2.62. The molecule has 2 fully saturated rings. The number of alkyl carbamates (subject to hydrolysis) is 1. The number of benzene rings is 3. The molecule has 3 N–H and O–H groups in total. The lowest BCUT2D eigenvalue weighted by Crippen LogP contribution is -2.60. The number of ether oxygens (including phenoxy) is 4. The van der Waals surface area contributed by atoms with Gasteiger partial charge in [0.05, 0.1) is 41.7 Å². The smallest absolute Gasteiger partial charge is 0.408 e. The van der Waals surface area contributed by atoms with Crippen molar-refractivity contribution < 1.29 is 46.5 Å². The Hall–Kier alpha value is -6.27. The highest BCUT2D eigenvalue weighted by molar-refractivity contribution is 7.92. The molecule has 4 amide bonds. The van der Waals surface area contributed by atoms with Crippen LogP contribution in [0.1, 0.15) is 61.3 Å². The van der Waals surface area contributed by atoms with Crippen molar-refractivity contribution in [2.24, 2.45) is 11.3 Å². The molecule has 3 heterocycles. The number of pyridine rings is 1. The number of hydrogen-bond donors (Lipinski definition) is 3. The lowest BCUT2D eigenvalue weighted by molar-refractivity contribution is -0.143. The molecule has 344 valence electrons. The van der Waals surface area contributed by atoms with Crippen LogP contribution < -0.4 is 29.6 Å². The van der Waals surface area contributed by atoms with E-state index in [2.05, 4.69) is 26.9 Å². The Balaban J connectivity index is 1.20. The second-order valence-electron chi connectivity index (χ2n) is 18.2. The number of nitrogens with zero attached hydrogens (tertiary/aromatic N) is 3. The molecule has 1 aliphatic carbocycles. The van der Waals surface area contributed by atoms with Crippen molar-refractivity contribution >= 4 is 66.3 Å². The number of nitrogens with one attached hydrogen (secondary N) is 3. The van der Waals surface area contributed by atoms with Crippen LogP contribution in [0.2, 0.25) is 0 Å². The molecule has 0 spiro atoms. The fraction of sp³-hybridized carbons (Fsp3) is 0.404. The number of carbonyl (C=O) groups is 4. The lowest BCUT2D eigenvalue weighted by atomic mass is 9.85. The van der Waals surface area contributed by atoms with Crippen LogP contribution in [0.15, 0.2) is 89.8 Å². The van der Waals surface area contributed by atoms with Gasteiger partial charge in [-0.25, -0.2) is 19.5 Å². The number of carbonyl (C=O) groups excluding carboxylic acids is 4. The number of methoxy groups -OCH3 is 1. The average Bonchev–Trinajstić information content (AvgIpc) is 3.53. The van der Waals surface area contributed by atoms with Gasteiger partial charge in [0.2, 0.25) is 16.2 Å². The van der Waals surface area contributed by atoms with E-state index in [1.807, 2.05) is 43.3 Å². The van der Waals surface area contributed by atoms with E-state index in [1.165, 1.54) is 11.0 Å². The number of fused-ring (bicyclic) bond motifs is 2. The van der Waals surface area contributed by atoms with Gasteiger partial charge in [-0.3, -0.25) is 14.4 Å². The number of amides is 4. The van der Waals surface area contributed by atoms with Gasteiger partial charge in [-0.1, -0.05) is 57.2 Å². The first-order chi connectivity index (χ1) is 30.6. The number of rotatable bonds is 14. The van der Waals surface area contributed by atoms with Gasteiger partial charge < -0.3 is 34.5 Å². The van der Waals surface area contributed by atoms with Crippen molar-refractivity contribution in [1.29, 1.82) is 0 Å². The SMILES string of the molecule is C=CC1C[C@]1(NC(=O)[C@@H]1C[C@@H](Oc2cc(-c3ccccc3)nc3cc(OC)ccc23)CN1C(=O)[C@@H](NC(=O)OC(C)(C)C)C(C)(C)C)C(=O)NS(=O)(=O)c1nc2ccc(OCC)cc2s1. The second-order valence-corrected chi connectivity index (χ2v) is 21.1. The molecule has 5 atom stereocenters. The molecule has 2 aliphatic rings. The monoisotopic (exact) mass is 926 g/mol. The molecular weight excluding hydrogens is 873 g/mol. The fourth-order valence-corrected chi connectivity index (χ4v) is 10.1. The maximum Gasteiger partial charge on any atom is 0.408 e. The van der Waals surface area contributed by atoms with Gasteiger partial charge in [-0.2, -0.15) is 8.42 Å². The minimum Gasteiger partial charge on any atom is -0.497 e. The molecule has 5 aromatic rings. The molecule has 16 nitrogen and oxygen atoms in total. The quantitative estimate of drug-likeness (QED) is 0.0988. The normalized spacial score (nSPS) is 20.1. The average molecular weight is 927 g/mol. The fourth-order valence-electron chi connectivity index (χ4n) is 7.80. The summed E-state index contributed by atoms with van der Waals surface area (Å²) >= 11 is 0.867. The molecule has 1 saturated heterocycles. The van der Waals surface area contributed by atoms with Crippen molar-refractivity contribution in [3.05, 3.63) is 85.5 Å². The summed E-state index contributed by atoms with van der Waals surface area (Å²) in [7, 11) is -2.95. The van der Waals surface area contributed by atoms with Crippen LogP contribution in [-0.2, 0) is 29.1 Å². The zero-order valence-corrected chi connectivity index (χ0v) is 39.2. The molecule has 65 heavy (non-hydrogen) atoms. The van der Waals surface area contributed by atoms with E-state index in [9.17, 15) is 27.6 Å². The number of hydrogen-bond acceptors (Lipinski definition) is 13.